The number of hydrogen-bond donors (Lipinski definition) is 2. The molecular formula is C32H42N4O4Si. The normalized spacial score (nSPS) is 15.2. The molecule has 2 heterocycles. The molecule has 2 N–H and O–H groups in total. The highest BCUT2D eigenvalue weighted by molar-refractivity contribution is 6.74. The number of aromatic nitrogens is 1. The van der Waals surface area contributed by atoms with E-state index in [4.69, 9.17) is 9.16 Å². The first kappa shape index (κ1) is 30.1. The number of rotatable bonds is 9. The Balaban J connectivity index is 1.41. The van der Waals surface area contributed by atoms with E-state index in [1.165, 1.54) is 4.90 Å². The fourth-order valence-electron chi connectivity index (χ4n) is 4.92. The quantitative estimate of drug-likeness (QED) is 0.203. The van der Waals surface area contributed by atoms with Gasteiger partial charge in [-0.1, -0.05) is 32.9 Å². The first-order valence-corrected chi connectivity index (χ1v) is 17.1. The molecule has 41 heavy (non-hydrogen) atoms. The second-order valence-corrected chi connectivity index (χ2v) is 17.1. The molecule has 9 heteroatoms. The van der Waals surface area contributed by atoms with Crippen molar-refractivity contribution in [1.82, 2.24) is 9.47 Å². The lowest BCUT2D eigenvalue weighted by Gasteiger charge is -2.36. The number of benzene rings is 2. The van der Waals surface area contributed by atoms with Crippen LogP contribution in [0.1, 0.15) is 56.6 Å². The molecule has 0 aliphatic carbocycles. The van der Waals surface area contributed by atoms with Crippen LogP contribution in [0.5, 0.6) is 11.5 Å². The summed E-state index contributed by atoms with van der Waals surface area (Å²) in [5, 5.41) is 22.8. The number of nitriles is 1. The van der Waals surface area contributed by atoms with Gasteiger partial charge in [-0.15, -0.1) is 0 Å². The van der Waals surface area contributed by atoms with Gasteiger partial charge in [0, 0.05) is 36.6 Å². The van der Waals surface area contributed by atoms with Crippen LogP contribution in [-0.4, -0.2) is 41.6 Å². The number of carbonyl (C=O) groups is 1. The summed E-state index contributed by atoms with van der Waals surface area (Å²) in [4.78, 5) is 13.0. The van der Waals surface area contributed by atoms with Crippen molar-refractivity contribution < 1.29 is 19.1 Å². The van der Waals surface area contributed by atoms with E-state index in [0.717, 1.165) is 52.5 Å². The molecule has 1 atom stereocenters. The molecule has 2 aromatic carbocycles. The van der Waals surface area contributed by atoms with Crippen LogP contribution in [0.2, 0.25) is 18.1 Å². The first-order valence-electron chi connectivity index (χ1n) is 14.2. The number of carboxylic acid groups (broad SMARTS) is 1. The molecule has 218 valence electrons. The molecule has 1 aliphatic heterocycles. The fraction of sp³-hybridized carbons (Fsp3) is 0.438. The van der Waals surface area contributed by atoms with Crippen LogP contribution in [0.15, 0.2) is 48.5 Å². The Labute approximate surface area is 244 Å². The van der Waals surface area contributed by atoms with Crippen LogP contribution in [0.25, 0.3) is 0 Å². The van der Waals surface area contributed by atoms with Gasteiger partial charge in [0.05, 0.1) is 12.3 Å². The maximum atomic E-state index is 11.6. The summed E-state index contributed by atoms with van der Waals surface area (Å²) in [6, 6.07) is 18.0. The number of nitrogens with zero attached hydrogens (tertiary/aromatic N) is 3. The van der Waals surface area contributed by atoms with Gasteiger partial charge in [-0.3, -0.25) is 0 Å². The Morgan fingerprint density at radius 1 is 1.20 bits per heavy atom. The Morgan fingerprint density at radius 3 is 2.54 bits per heavy atom. The summed E-state index contributed by atoms with van der Waals surface area (Å²) in [5.74, 6) is 1.70. The minimum Gasteiger partial charge on any atom is -0.544 e. The predicted molar refractivity (Wildman–Crippen MR) is 165 cm³/mol. The van der Waals surface area contributed by atoms with Crippen molar-refractivity contribution in [3.63, 3.8) is 0 Å². The summed E-state index contributed by atoms with van der Waals surface area (Å²) in [7, 11) is 0.000618. The molecule has 0 saturated heterocycles. The fourth-order valence-corrected chi connectivity index (χ4v) is 5.95. The number of ether oxygens (including phenoxy) is 1. The van der Waals surface area contributed by atoms with Gasteiger partial charge < -0.3 is 29.1 Å². The minimum absolute atomic E-state index is 0.0983. The predicted octanol–water partition coefficient (Wildman–Crippen LogP) is 7.46. The van der Waals surface area contributed by atoms with Gasteiger partial charge in [-0.25, -0.2) is 4.79 Å². The highest BCUT2D eigenvalue weighted by Crippen LogP contribution is 2.38. The van der Waals surface area contributed by atoms with E-state index in [9.17, 15) is 15.2 Å². The highest BCUT2D eigenvalue weighted by atomic mass is 28.4. The Hall–Kier alpha value is -3.90. The van der Waals surface area contributed by atoms with Gasteiger partial charge in [-0.2, -0.15) is 5.26 Å². The van der Waals surface area contributed by atoms with Crippen molar-refractivity contribution in [2.24, 2.45) is 7.05 Å². The topological polar surface area (TPSA) is 99.8 Å². The van der Waals surface area contributed by atoms with Gasteiger partial charge in [0.15, 0.2) is 0 Å². The zero-order valence-corrected chi connectivity index (χ0v) is 26.2. The van der Waals surface area contributed by atoms with Gasteiger partial charge in [0.2, 0.25) is 8.32 Å². The van der Waals surface area contributed by atoms with Gasteiger partial charge in [0.1, 0.15) is 23.3 Å². The average molecular weight is 575 g/mol. The molecule has 8 nitrogen and oxygen atoms in total. The first-order chi connectivity index (χ1) is 19.3. The van der Waals surface area contributed by atoms with E-state index in [2.05, 4.69) is 45.3 Å². The molecule has 1 aliphatic rings. The van der Waals surface area contributed by atoms with Gasteiger partial charge >= 0.3 is 6.09 Å². The van der Waals surface area contributed by atoms with Crippen LogP contribution in [-0.2, 0) is 26.4 Å². The number of fused-ring (bicyclic) bond motifs is 1. The molecule has 1 aromatic heterocycles. The third kappa shape index (κ3) is 6.71. The number of amides is 1. The SMILES string of the molecule is CC1Cc2c(cccc2OCCCc2c(Nc3ccc(O[Si](C)(C)C(C)(C)C)cc3)cc(C#N)n2C)CN1C(=O)O. The van der Waals surface area contributed by atoms with Crippen LogP contribution < -0.4 is 14.5 Å². The molecule has 3 aromatic rings. The summed E-state index contributed by atoms with van der Waals surface area (Å²) in [6.45, 7) is 14.0. The van der Waals surface area contributed by atoms with Crippen molar-refractivity contribution >= 4 is 25.8 Å². The molecule has 0 fully saturated rings. The number of nitrogens with one attached hydrogen (secondary N) is 1. The smallest absolute Gasteiger partial charge is 0.407 e. The van der Waals surface area contributed by atoms with Crippen molar-refractivity contribution in [3.8, 4) is 17.6 Å². The third-order valence-electron chi connectivity index (χ3n) is 8.45. The van der Waals surface area contributed by atoms with Crippen LogP contribution in [0.3, 0.4) is 0 Å². The number of anilines is 2. The minimum atomic E-state index is -1.92. The van der Waals surface area contributed by atoms with E-state index < -0.39 is 14.4 Å². The lowest BCUT2D eigenvalue weighted by atomic mass is 9.94. The van der Waals surface area contributed by atoms with Crippen molar-refractivity contribution in [1.29, 1.82) is 5.26 Å². The lowest BCUT2D eigenvalue weighted by Crippen LogP contribution is -2.43. The molecular weight excluding hydrogens is 532 g/mol. The standard InChI is InChI=1S/C32H42N4O4Si/c1-22-18-27-23(21-36(22)31(37)38)10-8-12-30(27)39-17-9-11-29-28(19-25(20-33)35(29)5)34-24-13-15-26(16-14-24)40-41(6,7)32(2,3)4/h8,10,12-16,19,22,34H,9,11,17-18,21H2,1-7H3,(H,37,38). The lowest BCUT2D eigenvalue weighted by molar-refractivity contribution is 0.119. The summed E-state index contributed by atoms with van der Waals surface area (Å²) in [5.41, 5.74) is 5.55. The zero-order valence-electron chi connectivity index (χ0n) is 25.2. The second kappa shape index (κ2) is 11.9. The van der Waals surface area contributed by atoms with Gasteiger partial charge in [0.25, 0.3) is 0 Å². The third-order valence-corrected chi connectivity index (χ3v) is 12.8. The second-order valence-electron chi connectivity index (χ2n) is 12.4. The summed E-state index contributed by atoms with van der Waals surface area (Å²) >= 11 is 0. The molecule has 0 saturated carbocycles. The maximum Gasteiger partial charge on any atom is 0.407 e. The van der Waals surface area contributed by atoms with E-state index in [1.54, 1.807) is 0 Å². The van der Waals surface area contributed by atoms with E-state index in [0.29, 0.717) is 25.3 Å². The van der Waals surface area contributed by atoms with E-state index in [1.807, 2.05) is 67.1 Å². The number of hydrogen-bond acceptors (Lipinski definition) is 5. The van der Waals surface area contributed by atoms with Crippen LogP contribution in [0.4, 0.5) is 16.2 Å². The Kier molecular flexibility index (Phi) is 8.73. The largest absolute Gasteiger partial charge is 0.544 e. The summed E-state index contributed by atoms with van der Waals surface area (Å²) in [6.07, 6.45) is 1.23. The zero-order chi connectivity index (χ0) is 29.9. The van der Waals surface area contributed by atoms with Crippen LogP contribution in [0, 0.1) is 11.3 Å². The van der Waals surface area contributed by atoms with Crippen molar-refractivity contribution in [2.45, 2.75) is 77.7 Å². The van der Waals surface area contributed by atoms with Crippen molar-refractivity contribution in [2.75, 3.05) is 11.9 Å². The van der Waals surface area contributed by atoms with Gasteiger partial charge in [-0.05, 0) is 86.3 Å². The Morgan fingerprint density at radius 2 is 1.90 bits per heavy atom. The maximum absolute atomic E-state index is 11.6. The van der Waals surface area contributed by atoms with Crippen LogP contribution >= 0.6 is 0 Å². The van der Waals surface area contributed by atoms with E-state index in [-0.39, 0.29) is 11.1 Å². The highest BCUT2D eigenvalue weighted by Gasteiger charge is 2.39. The Bertz CT molecular complexity index is 1430. The molecule has 0 bridgehead atoms. The summed E-state index contributed by atoms with van der Waals surface area (Å²) < 4.78 is 14.6. The molecule has 1 amide bonds. The average Bonchev–Trinajstić information content (AvgIpc) is 3.20. The molecule has 0 radical (unpaired) electrons. The molecule has 0 spiro atoms. The molecule has 1 unspecified atom stereocenters. The monoisotopic (exact) mass is 574 g/mol. The molecule has 4 rings (SSSR count). The van der Waals surface area contributed by atoms with Crippen molar-refractivity contribution in [3.05, 3.63) is 71.0 Å². The van der Waals surface area contributed by atoms with E-state index >= 15 is 0 Å².